The molecule has 0 bridgehead atoms. The van der Waals surface area contributed by atoms with Gasteiger partial charge in [-0.25, -0.2) is 0 Å². The van der Waals surface area contributed by atoms with Crippen molar-refractivity contribution in [1.82, 2.24) is 10.2 Å². The number of hydrogen-bond acceptors (Lipinski definition) is 6. The molecule has 31 heavy (non-hydrogen) atoms. The monoisotopic (exact) mass is 443 g/mol. The Morgan fingerprint density at radius 1 is 1.10 bits per heavy atom. The van der Waals surface area contributed by atoms with E-state index in [1.807, 2.05) is 29.2 Å². The predicted molar refractivity (Wildman–Crippen MR) is 116 cm³/mol. The Morgan fingerprint density at radius 2 is 1.81 bits per heavy atom. The minimum Gasteiger partial charge on any atom is -0.493 e. The lowest BCUT2D eigenvalue weighted by molar-refractivity contribution is -0.126. The number of nitrogens with one attached hydrogen (secondary N) is 1. The second-order valence-electron chi connectivity index (χ2n) is 7.55. The quantitative estimate of drug-likeness (QED) is 0.761. The Kier molecular flexibility index (Phi) is 5.86. The summed E-state index contributed by atoms with van der Waals surface area (Å²) in [6, 6.07) is 12.4. The van der Waals surface area contributed by atoms with Crippen LogP contribution in [0.15, 0.2) is 51.8 Å². The van der Waals surface area contributed by atoms with Gasteiger partial charge in [0.05, 0.1) is 14.2 Å². The summed E-state index contributed by atoms with van der Waals surface area (Å²) < 4.78 is 39.1. The van der Waals surface area contributed by atoms with Crippen LogP contribution in [0.3, 0.4) is 0 Å². The summed E-state index contributed by atoms with van der Waals surface area (Å²) in [7, 11) is -0.480. The zero-order chi connectivity index (χ0) is 22.0. The van der Waals surface area contributed by atoms with Crippen LogP contribution in [0.25, 0.3) is 0 Å². The van der Waals surface area contributed by atoms with Crippen molar-refractivity contribution in [3.63, 3.8) is 0 Å². The van der Waals surface area contributed by atoms with Crippen molar-refractivity contribution in [2.45, 2.75) is 24.3 Å². The summed E-state index contributed by atoms with van der Waals surface area (Å²) in [4.78, 5) is 14.9. The highest BCUT2D eigenvalue weighted by atomic mass is 32.2. The van der Waals surface area contributed by atoms with Crippen LogP contribution in [0.4, 0.5) is 0 Å². The van der Waals surface area contributed by atoms with Crippen LogP contribution in [0, 0.1) is 5.92 Å². The van der Waals surface area contributed by atoms with E-state index in [9.17, 15) is 13.2 Å². The van der Waals surface area contributed by atoms with Crippen LogP contribution in [-0.4, -0.2) is 52.4 Å². The number of carbonyl (C=O) groups excluding carboxylic acids is 1. The SMILES string of the molecule is COc1ccc(CNC(=O)C2CCN(C3=NS(=O)(=O)c4ccccc43)CC2)cc1OC. The summed E-state index contributed by atoms with van der Waals surface area (Å²) in [6.07, 6.45) is 1.28. The van der Waals surface area contributed by atoms with Gasteiger partial charge in [-0.2, -0.15) is 8.42 Å². The molecule has 2 aromatic rings. The van der Waals surface area contributed by atoms with Gasteiger partial charge in [0, 0.05) is 31.1 Å². The lowest BCUT2D eigenvalue weighted by atomic mass is 9.95. The van der Waals surface area contributed by atoms with Crippen molar-refractivity contribution in [3.8, 4) is 11.5 Å². The van der Waals surface area contributed by atoms with E-state index in [0.29, 0.717) is 55.4 Å². The molecular formula is C22H25N3O5S. The fourth-order valence-corrected chi connectivity index (χ4v) is 5.22. The van der Waals surface area contributed by atoms with Crippen molar-refractivity contribution >= 4 is 21.8 Å². The number of sulfonamides is 1. The van der Waals surface area contributed by atoms with E-state index in [4.69, 9.17) is 9.47 Å². The Bertz CT molecular complexity index is 1120. The average molecular weight is 444 g/mol. The van der Waals surface area contributed by atoms with Crippen LogP contribution in [-0.2, 0) is 21.4 Å². The minimum atomic E-state index is -3.64. The summed E-state index contributed by atoms with van der Waals surface area (Å²) in [5.74, 6) is 1.62. The van der Waals surface area contributed by atoms with Crippen LogP contribution in [0.1, 0.15) is 24.0 Å². The maximum Gasteiger partial charge on any atom is 0.285 e. The van der Waals surface area contributed by atoms with E-state index in [-0.39, 0.29) is 16.7 Å². The third kappa shape index (κ3) is 4.23. The molecule has 2 aliphatic heterocycles. The number of nitrogens with zero attached hydrogens (tertiary/aromatic N) is 2. The second kappa shape index (κ2) is 8.58. The van der Waals surface area contributed by atoms with Crippen LogP contribution < -0.4 is 14.8 Å². The molecule has 0 saturated carbocycles. The van der Waals surface area contributed by atoms with Crippen molar-refractivity contribution in [1.29, 1.82) is 0 Å². The fraction of sp³-hybridized carbons (Fsp3) is 0.364. The molecule has 9 heteroatoms. The van der Waals surface area contributed by atoms with E-state index in [1.54, 1.807) is 32.4 Å². The molecule has 0 aromatic heterocycles. The van der Waals surface area contributed by atoms with Gasteiger partial charge in [0.2, 0.25) is 5.91 Å². The standard InChI is InChI=1S/C22H25N3O5S/c1-29-18-8-7-15(13-19(18)30-2)14-23-22(26)16-9-11-25(12-10-16)21-17-5-3-4-6-20(17)31(27,28)24-21/h3-8,13,16H,9-12,14H2,1-2H3,(H,23,26). The van der Waals surface area contributed by atoms with E-state index in [2.05, 4.69) is 9.71 Å². The number of hydrogen-bond donors (Lipinski definition) is 1. The first-order valence-electron chi connectivity index (χ1n) is 10.1. The van der Waals surface area contributed by atoms with E-state index >= 15 is 0 Å². The third-order valence-corrected chi connectivity index (χ3v) is 7.02. The highest BCUT2D eigenvalue weighted by molar-refractivity contribution is 7.90. The smallest absolute Gasteiger partial charge is 0.285 e. The van der Waals surface area contributed by atoms with Gasteiger partial charge < -0.3 is 19.7 Å². The number of carbonyl (C=O) groups is 1. The molecule has 1 saturated heterocycles. The van der Waals surface area contributed by atoms with Gasteiger partial charge >= 0.3 is 0 Å². The van der Waals surface area contributed by atoms with Gasteiger partial charge in [0.1, 0.15) is 4.90 Å². The number of methoxy groups -OCH3 is 2. The summed E-state index contributed by atoms with van der Waals surface area (Å²) >= 11 is 0. The van der Waals surface area contributed by atoms with Gasteiger partial charge in [-0.05, 0) is 42.7 Å². The highest BCUT2D eigenvalue weighted by Gasteiger charge is 2.34. The van der Waals surface area contributed by atoms with Crippen molar-refractivity contribution in [2.75, 3.05) is 27.3 Å². The van der Waals surface area contributed by atoms with Crippen molar-refractivity contribution in [3.05, 3.63) is 53.6 Å². The lowest BCUT2D eigenvalue weighted by Crippen LogP contribution is -2.42. The molecular weight excluding hydrogens is 418 g/mol. The molecule has 164 valence electrons. The molecule has 0 spiro atoms. The number of ether oxygens (including phenoxy) is 2. The molecule has 0 radical (unpaired) electrons. The number of amidine groups is 1. The Labute approximate surface area is 181 Å². The lowest BCUT2D eigenvalue weighted by Gasteiger charge is -2.32. The summed E-state index contributed by atoms with van der Waals surface area (Å²) in [5, 5.41) is 2.99. The first-order valence-corrected chi connectivity index (χ1v) is 11.5. The molecule has 4 rings (SSSR count). The third-order valence-electron chi connectivity index (χ3n) is 5.69. The molecule has 2 aliphatic rings. The van der Waals surface area contributed by atoms with Gasteiger partial charge in [-0.1, -0.05) is 18.2 Å². The molecule has 1 fully saturated rings. The van der Waals surface area contributed by atoms with Gasteiger partial charge in [0.15, 0.2) is 17.3 Å². The minimum absolute atomic E-state index is 0.00387. The van der Waals surface area contributed by atoms with E-state index in [1.165, 1.54) is 0 Å². The molecule has 8 nitrogen and oxygen atoms in total. The Balaban J connectivity index is 1.35. The summed E-state index contributed by atoms with van der Waals surface area (Å²) in [5.41, 5.74) is 1.56. The molecule has 0 aliphatic carbocycles. The first kappa shape index (κ1) is 21.2. The number of fused-ring (bicyclic) bond motifs is 1. The molecule has 2 aromatic carbocycles. The highest BCUT2D eigenvalue weighted by Crippen LogP contribution is 2.30. The van der Waals surface area contributed by atoms with Crippen molar-refractivity contribution < 1.29 is 22.7 Å². The molecule has 0 atom stereocenters. The average Bonchev–Trinajstić information content (AvgIpc) is 3.08. The molecule has 2 heterocycles. The molecule has 0 unspecified atom stereocenters. The Morgan fingerprint density at radius 3 is 2.52 bits per heavy atom. The predicted octanol–water partition coefficient (Wildman–Crippen LogP) is 2.18. The zero-order valence-electron chi connectivity index (χ0n) is 17.5. The molecule has 1 N–H and O–H groups in total. The normalized spacial score (nSPS) is 17.6. The topological polar surface area (TPSA) is 97.3 Å². The van der Waals surface area contributed by atoms with E-state index < -0.39 is 10.0 Å². The van der Waals surface area contributed by atoms with Crippen molar-refractivity contribution in [2.24, 2.45) is 10.3 Å². The number of amides is 1. The molecule has 1 amide bonds. The second-order valence-corrected chi connectivity index (χ2v) is 9.13. The summed E-state index contributed by atoms with van der Waals surface area (Å²) in [6.45, 7) is 1.56. The van der Waals surface area contributed by atoms with Crippen LogP contribution >= 0.6 is 0 Å². The maximum absolute atomic E-state index is 12.7. The number of rotatable bonds is 5. The van der Waals surface area contributed by atoms with Crippen LogP contribution in [0.2, 0.25) is 0 Å². The maximum atomic E-state index is 12.7. The Hall–Kier alpha value is -3.07. The fourth-order valence-electron chi connectivity index (χ4n) is 3.99. The number of benzene rings is 2. The first-order chi connectivity index (χ1) is 14.9. The van der Waals surface area contributed by atoms with Crippen LogP contribution in [0.5, 0.6) is 11.5 Å². The van der Waals surface area contributed by atoms with Gasteiger partial charge in [0.25, 0.3) is 10.0 Å². The largest absolute Gasteiger partial charge is 0.493 e. The van der Waals surface area contributed by atoms with E-state index in [0.717, 1.165) is 5.56 Å². The number of likely N-dealkylation sites (tertiary alicyclic amines) is 1. The number of piperidine rings is 1. The zero-order valence-corrected chi connectivity index (χ0v) is 18.3. The van der Waals surface area contributed by atoms with Gasteiger partial charge in [-0.3, -0.25) is 4.79 Å². The van der Waals surface area contributed by atoms with Gasteiger partial charge in [-0.15, -0.1) is 4.40 Å².